The minimum absolute atomic E-state index is 0.209. The van der Waals surface area contributed by atoms with Crippen LogP contribution in [0, 0.1) is 0 Å². The molecule has 1 fully saturated rings. The average Bonchev–Trinajstić information content (AvgIpc) is 3.14. The molecule has 7 nitrogen and oxygen atoms in total. The van der Waals surface area contributed by atoms with Gasteiger partial charge in [-0.15, -0.1) is 0 Å². The molecule has 7 heteroatoms. The average molecular weight is 383 g/mol. The lowest BCUT2D eigenvalue weighted by Crippen LogP contribution is -2.48. The molecule has 1 heterocycles. The number of anilines is 1. The first-order valence-corrected chi connectivity index (χ1v) is 9.28. The van der Waals surface area contributed by atoms with Crippen molar-refractivity contribution in [3.05, 3.63) is 60.7 Å². The zero-order chi connectivity index (χ0) is 19.8. The Labute approximate surface area is 164 Å². The summed E-state index contributed by atoms with van der Waals surface area (Å²) in [5.74, 6) is 0.510. The number of hydrogen-bond donors (Lipinski definition) is 2. The van der Waals surface area contributed by atoms with Crippen LogP contribution >= 0.6 is 0 Å². The van der Waals surface area contributed by atoms with Gasteiger partial charge in [0.1, 0.15) is 17.9 Å². The Morgan fingerprint density at radius 1 is 1.07 bits per heavy atom. The number of methoxy groups -OCH3 is 1. The van der Waals surface area contributed by atoms with Gasteiger partial charge in [-0.1, -0.05) is 36.4 Å². The number of carbonyl (C=O) groups is 2. The SMILES string of the molecule is COCCNC(=O)[C@H]1C[C@H](Oc2ccccc2)CN1C(=O)Nc1ccccc1. The minimum atomic E-state index is -0.603. The maximum Gasteiger partial charge on any atom is 0.322 e. The third-order valence-corrected chi connectivity index (χ3v) is 4.50. The van der Waals surface area contributed by atoms with Crippen molar-refractivity contribution < 1.29 is 19.1 Å². The number of nitrogens with zero attached hydrogens (tertiary/aromatic N) is 1. The van der Waals surface area contributed by atoms with Crippen LogP contribution in [-0.4, -0.2) is 55.8 Å². The second-order valence-electron chi connectivity index (χ2n) is 6.54. The van der Waals surface area contributed by atoms with Gasteiger partial charge in [0.2, 0.25) is 5.91 Å². The van der Waals surface area contributed by atoms with Gasteiger partial charge in [0.15, 0.2) is 0 Å². The number of amides is 3. The molecule has 0 radical (unpaired) electrons. The molecule has 0 aromatic heterocycles. The van der Waals surface area contributed by atoms with Crippen molar-refractivity contribution in [2.24, 2.45) is 0 Å². The highest BCUT2D eigenvalue weighted by atomic mass is 16.5. The molecule has 28 heavy (non-hydrogen) atoms. The van der Waals surface area contributed by atoms with Crippen LogP contribution in [-0.2, 0) is 9.53 Å². The Morgan fingerprint density at radius 2 is 1.75 bits per heavy atom. The largest absolute Gasteiger partial charge is 0.488 e. The molecule has 3 amide bonds. The smallest absolute Gasteiger partial charge is 0.322 e. The zero-order valence-electron chi connectivity index (χ0n) is 15.8. The Balaban J connectivity index is 1.69. The quantitative estimate of drug-likeness (QED) is 0.720. The monoisotopic (exact) mass is 383 g/mol. The molecule has 1 aliphatic heterocycles. The number of hydrogen-bond acceptors (Lipinski definition) is 4. The van der Waals surface area contributed by atoms with E-state index in [2.05, 4.69) is 10.6 Å². The molecule has 0 saturated carbocycles. The summed E-state index contributed by atoms with van der Waals surface area (Å²) in [4.78, 5) is 27.0. The third kappa shape index (κ3) is 5.23. The molecule has 0 bridgehead atoms. The summed E-state index contributed by atoms with van der Waals surface area (Å²) in [7, 11) is 1.57. The molecule has 3 rings (SSSR count). The molecular weight excluding hydrogens is 358 g/mol. The molecule has 148 valence electrons. The van der Waals surface area contributed by atoms with Crippen molar-refractivity contribution in [3.63, 3.8) is 0 Å². The molecule has 2 aromatic carbocycles. The van der Waals surface area contributed by atoms with Crippen LogP contribution in [0.2, 0.25) is 0 Å². The number of nitrogens with one attached hydrogen (secondary N) is 2. The lowest BCUT2D eigenvalue weighted by Gasteiger charge is -2.23. The van der Waals surface area contributed by atoms with Gasteiger partial charge in [-0.3, -0.25) is 4.79 Å². The lowest BCUT2D eigenvalue weighted by molar-refractivity contribution is -0.124. The van der Waals surface area contributed by atoms with E-state index < -0.39 is 6.04 Å². The van der Waals surface area contributed by atoms with Crippen LogP contribution in [0.1, 0.15) is 6.42 Å². The fraction of sp³-hybridized carbons (Fsp3) is 0.333. The molecule has 2 atom stereocenters. The van der Waals surface area contributed by atoms with E-state index in [0.29, 0.717) is 31.8 Å². The van der Waals surface area contributed by atoms with Gasteiger partial charge in [-0.05, 0) is 24.3 Å². The van der Waals surface area contributed by atoms with Crippen LogP contribution in [0.5, 0.6) is 5.75 Å². The molecule has 1 aliphatic rings. The van der Waals surface area contributed by atoms with Crippen LogP contribution in [0.25, 0.3) is 0 Å². The molecule has 0 aliphatic carbocycles. The number of ether oxygens (including phenoxy) is 2. The predicted molar refractivity (Wildman–Crippen MR) is 106 cm³/mol. The number of carbonyl (C=O) groups excluding carboxylic acids is 2. The molecule has 0 unspecified atom stereocenters. The normalized spacial score (nSPS) is 18.5. The number of benzene rings is 2. The number of likely N-dealkylation sites (tertiary alicyclic amines) is 1. The van der Waals surface area contributed by atoms with E-state index in [9.17, 15) is 9.59 Å². The van der Waals surface area contributed by atoms with Crippen LogP contribution in [0.15, 0.2) is 60.7 Å². The van der Waals surface area contributed by atoms with E-state index in [0.717, 1.165) is 5.75 Å². The number of urea groups is 1. The lowest BCUT2D eigenvalue weighted by atomic mass is 10.2. The van der Waals surface area contributed by atoms with Gasteiger partial charge in [0.05, 0.1) is 13.2 Å². The minimum Gasteiger partial charge on any atom is -0.488 e. The first-order valence-electron chi connectivity index (χ1n) is 9.28. The maximum atomic E-state index is 12.8. The molecule has 2 N–H and O–H groups in total. The molecule has 1 saturated heterocycles. The molecular formula is C21H25N3O4. The van der Waals surface area contributed by atoms with Crippen molar-refractivity contribution in [1.29, 1.82) is 0 Å². The van der Waals surface area contributed by atoms with E-state index in [-0.39, 0.29) is 18.0 Å². The van der Waals surface area contributed by atoms with Gasteiger partial charge >= 0.3 is 6.03 Å². The van der Waals surface area contributed by atoms with E-state index in [4.69, 9.17) is 9.47 Å². The molecule has 0 spiro atoms. The first-order chi connectivity index (χ1) is 13.7. The Morgan fingerprint density at radius 3 is 2.43 bits per heavy atom. The van der Waals surface area contributed by atoms with Crippen LogP contribution in [0.4, 0.5) is 10.5 Å². The van der Waals surface area contributed by atoms with Crippen molar-refractivity contribution in [3.8, 4) is 5.75 Å². The predicted octanol–water partition coefficient (Wildman–Crippen LogP) is 2.50. The highest BCUT2D eigenvalue weighted by Crippen LogP contribution is 2.24. The summed E-state index contributed by atoms with van der Waals surface area (Å²) in [6, 6.07) is 17.7. The van der Waals surface area contributed by atoms with Crippen LogP contribution in [0.3, 0.4) is 0 Å². The van der Waals surface area contributed by atoms with Gasteiger partial charge in [0.25, 0.3) is 0 Å². The summed E-state index contributed by atoms with van der Waals surface area (Å²) in [5, 5.41) is 5.66. The summed E-state index contributed by atoms with van der Waals surface area (Å²) < 4.78 is 11.0. The Bertz CT molecular complexity index is 770. The van der Waals surface area contributed by atoms with Crippen LogP contribution < -0.4 is 15.4 Å². The zero-order valence-corrected chi connectivity index (χ0v) is 15.8. The second-order valence-corrected chi connectivity index (χ2v) is 6.54. The highest BCUT2D eigenvalue weighted by molar-refractivity contribution is 5.94. The summed E-state index contributed by atoms with van der Waals surface area (Å²) >= 11 is 0. The van der Waals surface area contributed by atoms with Gasteiger partial charge in [-0.25, -0.2) is 4.79 Å². The Kier molecular flexibility index (Phi) is 6.86. The third-order valence-electron chi connectivity index (χ3n) is 4.50. The number of para-hydroxylation sites is 2. The topological polar surface area (TPSA) is 79.9 Å². The van der Waals surface area contributed by atoms with E-state index in [1.807, 2.05) is 48.5 Å². The van der Waals surface area contributed by atoms with Crippen molar-refractivity contribution >= 4 is 17.6 Å². The van der Waals surface area contributed by atoms with E-state index >= 15 is 0 Å². The standard InChI is InChI=1S/C21H25N3O4/c1-27-13-12-22-20(25)19-14-18(28-17-10-6-3-7-11-17)15-24(19)21(26)23-16-8-4-2-5-9-16/h2-11,18-19H,12-15H2,1H3,(H,22,25)(H,23,26)/t18-,19+/m0/s1. The summed E-state index contributed by atoms with van der Waals surface area (Å²) in [6.07, 6.45) is 0.165. The second kappa shape index (κ2) is 9.75. The number of rotatable bonds is 7. The van der Waals surface area contributed by atoms with Gasteiger partial charge < -0.3 is 25.0 Å². The maximum absolute atomic E-state index is 12.8. The summed E-state index contributed by atoms with van der Waals surface area (Å²) in [5.41, 5.74) is 0.679. The summed E-state index contributed by atoms with van der Waals surface area (Å²) in [6.45, 7) is 1.14. The van der Waals surface area contributed by atoms with E-state index in [1.165, 1.54) is 4.90 Å². The van der Waals surface area contributed by atoms with Gasteiger partial charge in [0, 0.05) is 25.8 Å². The van der Waals surface area contributed by atoms with Gasteiger partial charge in [-0.2, -0.15) is 0 Å². The Hall–Kier alpha value is -3.06. The van der Waals surface area contributed by atoms with E-state index in [1.54, 1.807) is 19.2 Å². The molecule has 2 aromatic rings. The first kappa shape index (κ1) is 19.7. The van der Waals surface area contributed by atoms with Crippen molar-refractivity contribution in [2.75, 3.05) is 32.1 Å². The van der Waals surface area contributed by atoms with Crippen molar-refractivity contribution in [2.45, 2.75) is 18.6 Å². The highest BCUT2D eigenvalue weighted by Gasteiger charge is 2.40. The fourth-order valence-electron chi connectivity index (χ4n) is 3.16. The fourth-order valence-corrected chi connectivity index (χ4v) is 3.16. The van der Waals surface area contributed by atoms with Crippen molar-refractivity contribution in [1.82, 2.24) is 10.2 Å².